The van der Waals surface area contributed by atoms with E-state index in [2.05, 4.69) is 6.92 Å². The van der Waals surface area contributed by atoms with Crippen LogP contribution in [0.2, 0.25) is 8.67 Å². The van der Waals surface area contributed by atoms with E-state index >= 15 is 0 Å². The van der Waals surface area contributed by atoms with Gasteiger partial charge in [0.25, 0.3) is 0 Å². The Labute approximate surface area is 92.8 Å². The molecule has 0 saturated heterocycles. The van der Waals surface area contributed by atoms with Gasteiger partial charge in [-0.15, -0.1) is 11.3 Å². The molecule has 0 radical (unpaired) electrons. The van der Waals surface area contributed by atoms with Crippen LogP contribution in [0.4, 0.5) is 0 Å². The van der Waals surface area contributed by atoms with Gasteiger partial charge in [0, 0.05) is 6.04 Å². The zero-order valence-corrected chi connectivity index (χ0v) is 9.85. The maximum absolute atomic E-state index is 5.97. The monoisotopic (exact) mass is 237 g/mol. The molecule has 0 aromatic carbocycles. The highest BCUT2D eigenvalue weighted by atomic mass is 35.5. The number of nitrogens with two attached hydrogens (primary N) is 1. The van der Waals surface area contributed by atoms with Crippen LogP contribution in [0.25, 0.3) is 0 Å². The molecule has 0 amide bonds. The third-order valence-electron chi connectivity index (χ3n) is 1.95. The van der Waals surface area contributed by atoms with Crippen LogP contribution >= 0.6 is 34.5 Å². The lowest BCUT2D eigenvalue weighted by molar-refractivity contribution is 0.605. The average molecular weight is 238 g/mol. The predicted octanol–water partition coefficient (Wildman–Crippen LogP) is 4.24. The maximum atomic E-state index is 5.97. The highest BCUT2D eigenvalue weighted by Gasteiger charge is 2.12. The summed E-state index contributed by atoms with van der Waals surface area (Å²) >= 11 is 13.2. The number of hydrogen-bond donors (Lipinski definition) is 1. The van der Waals surface area contributed by atoms with Gasteiger partial charge in [-0.25, -0.2) is 0 Å². The SMILES string of the molecule is CCCCC(N)c1cc(Cl)sc1Cl. The lowest BCUT2D eigenvalue weighted by atomic mass is 10.1. The molecule has 1 heterocycles. The molecule has 1 atom stereocenters. The van der Waals surface area contributed by atoms with Gasteiger partial charge in [0.05, 0.1) is 8.67 Å². The molecule has 2 N–H and O–H groups in total. The van der Waals surface area contributed by atoms with Gasteiger partial charge in [-0.05, 0) is 18.1 Å². The Morgan fingerprint density at radius 1 is 1.54 bits per heavy atom. The molecular formula is C9H13Cl2NS. The number of unbranched alkanes of at least 4 members (excludes halogenated alkanes) is 1. The minimum Gasteiger partial charge on any atom is -0.324 e. The fraction of sp³-hybridized carbons (Fsp3) is 0.556. The first-order valence-electron chi connectivity index (χ1n) is 4.35. The van der Waals surface area contributed by atoms with E-state index in [9.17, 15) is 0 Å². The van der Waals surface area contributed by atoms with Crippen molar-refractivity contribution in [3.63, 3.8) is 0 Å². The van der Waals surface area contributed by atoms with Crippen LogP contribution in [0.1, 0.15) is 37.8 Å². The van der Waals surface area contributed by atoms with Gasteiger partial charge in [-0.2, -0.15) is 0 Å². The lowest BCUT2D eigenvalue weighted by Gasteiger charge is -2.08. The van der Waals surface area contributed by atoms with E-state index in [-0.39, 0.29) is 6.04 Å². The summed E-state index contributed by atoms with van der Waals surface area (Å²) in [5.41, 5.74) is 6.95. The first kappa shape index (κ1) is 11.3. The first-order valence-corrected chi connectivity index (χ1v) is 5.92. The molecule has 0 bridgehead atoms. The van der Waals surface area contributed by atoms with Crippen molar-refractivity contribution in [1.29, 1.82) is 0 Å². The Morgan fingerprint density at radius 2 is 2.23 bits per heavy atom. The van der Waals surface area contributed by atoms with Crippen LogP contribution in [0.5, 0.6) is 0 Å². The fourth-order valence-electron chi connectivity index (χ4n) is 1.19. The predicted molar refractivity (Wildman–Crippen MR) is 60.8 cm³/mol. The van der Waals surface area contributed by atoms with Gasteiger partial charge in [0.15, 0.2) is 0 Å². The van der Waals surface area contributed by atoms with E-state index in [1.165, 1.54) is 11.3 Å². The molecule has 0 fully saturated rings. The van der Waals surface area contributed by atoms with Gasteiger partial charge >= 0.3 is 0 Å². The molecule has 1 nitrogen and oxygen atoms in total. The minimum absolute atomic E-state index is 0.0381. The van der Waals surface area contributed by atoms with Crippen molar-refractivity contribution < 1.29 is 0 Å². The molecule has 1 rings (SSSR count). The minimum atomic E-state index is 0.0381. The van der Waals surface area contributed by atoms with Crippen molar-refractivity contribution >= 4 is 34.5 Å². The van der Waals surface area contributed by atoms with E-state index in [0.29, 0.717) is 4.34 Å². The Bertz CT molecular complexity index is 273. The molecule has 1 aromatic rings. The van der Waals surface area contributed by atoms with Crippen LogP contribution in [0.3, 0.4) is 0 Å². The third kappa shape index (κ3) is 3.13. The second kappa shape index (κ2) is 5.20. The Morgan fingerprint density at radius 3 is 2.69 bits per heavy atom. The normalized spacial score (nSPS) is 13.2. The van der Waals surface area contributed by atoms with Crippen LogP contribution in [0.15, 0.2) is 6.07 Å². The van der Waals surface area contributed by atoms with Crippen LogP contribution in [0, 0.1) is 0 Å². The van der Waals surface area contributed by atoms with Gasteiger partial charge in [-0.1, -0.05) is 43.0 Å². The van der Waals surface area contributed by atoms with E-state index in [4.69, 9.17) is 28.9 Å². The summed E-state index contributed by atoms with van der Waals surface area (Å²) in [6, 6.07) is 1.91. The standard InChI is InChI=1S/C9H13Cl2NS/c1-2-3-4-7(12)6-5-8(10)13-9(6)11/h5,7H,2-4,12H2,1H3. The summed E-state index contributed by atoms with van der Waals surface area (Å²) in [4.78, 5) is 0. The second-order valence-electron chi connectivity index (χ2n) is 3.03. The number of halogens is 2. The molecule has 0 aliphatic heterocycles. The van der Waals surface area contributed by atoms with Crippen LogP contribution in [-0.4, -0.2) is 0 Å². The zero-order chi connectivity index (χ0) is 9.84. The van der Waals surface area contributed by atoms with Crippen molar-refractivity contribution in [2.45, 2.75) is 32.2 Å². The third-order valence-corrected chi connectivity index (χ3v) is 3.47. The Hall–Kier alpha value is 0.240. The summed E-state index contributed by atoms with van der Waals surface area (Å²) in [6.07, 6.45) is 3.26. The first-order chi connectivity index (χ1) is 6.15. The Balaban J connectivity index is 2.64. The van der Waals surface area contributed by atoms with Gasteiger partial charge in [0.1, 0.15) is 0 Å². The number of thiophene rings is 1. The lowest BCUT2D eigenvalue weighted by Crippen LogP contribution is -2.09. The molecule has 74 valence electrons. The largest absolute Gasteiger partial charge is 0.324 e. The number of rotatable bonds is 4. The summed E-state index contributed by atoms with van der Waals surface area (Å²) in [5.74, 6) is 0. The highest BCUT2D eigenvalue weighted by molar-refractivity contribution is 7.20. The molecule has 0 spiro atoms. The Kier molecular flexibility index (Phi) is 4.53. The van der Waals surface area contributed by atoms with Crippen LogP contribution in [-0.2, 0) is 0 Å². The van der Waals surface area contributed by atoms with Gasteiger partial charge in [0.2, 0.25) is 0 Å². The molecular weight excluding hydrogens is 225 g/mol. The van der Waals surface area contributed by atoms with E-state index < -0.39 is 0 Å². The summed E-state index contributed by atoms with van der Waals surface area (Å²) in [6.45, 7) is 2.15. The van der Waals surface area contributed by atoms with Crippen molar-refractivity contribution in [2.24, 2.45) is 5.73 Å². The quantitative estimate of drug-likeness (QED) is 0.833. The van der Waals surface area contributed by atoms with Crippen molar-refractivity contribution in [3.8, 4) is 0 Å². The second-order valence-corrected chi connectivity index (χ2v) is 5.31. The van der Waals surface area contributed by atoms with Crippen molar-refractivity contribution in [3.05, 3.63) is 20.3 Å². The average Bonchev–Trinajstić information content (AvgIpc) is 2.41. The van der Waals surface area contributed by atoms with Crippen molar-refractivity contribution in [1.82, 2.24) is 0 Å². The molecule has 0 saturated carbocycles. The molecule has 4 heteroatoms. The molecule has 0 aliphatic carbocycles. The zero-order valence-electron chi connectivity index (χ0n) is 7.52. The number of hydrogen-bond acceptors (Lipinski definition) is 2. The molecule has 0 aliphatic rings. The smallest absolute Gasteiger partial charge is 0.0991 e. The summed E-state index contributed by atoms with van der Waals surface area (Å²) in [5, 5.41) is 0. The molecule has 1 unspecified atom stereocenters. The van der Waals surface area contributed by atoms with Gasteiger partial charge < -0.3 is 5.73 Å². The summed E-state index contributed by atoms with van der Waals surface area (Å²) < 4.78 is 1.44. The van der Waals surface area contributed by atoms with Gasteiger partial charge in [-0.3, -0.25) is 0 Å². The van der Waals surface area contributed by atoms with E-state index in [0.717, 1.165) is 29.2 Å². The van der Waals surface area contributed by atoms with Crippen molar-refractivity contribution in [2.75, 3.05) is 0 Å². The van der Waals surface area contributed by atoms with E-state index in [1.54, 1.807) is 0 Å². The molecule has 13 heavy (non-hydrogen) atoms. The topological polar surface area (TPSA) is 26.0 Å². The van der Waals surface area contributed by atoms with E-state index in [1.807, 2.05) is 6.07 Å². The summed E-state index contributed by atoms with van der Waals surface area (Å²) in [7, 11) is 0. The fourth-order valence-corrected chi connectivity index (χ4v) is 2.78. The van der Waals surface area contributed by atoms with Crippen LogP contribution < -0.4 is 5.73 Å². The molecule has 1 aromatic heterocycles. The maximum Gasteiger partial charge on any atom is 0.0991 e. The highest BCUT2D eigenvalue weighted by Crippen LogP contribution is 2.35.